The molecule has 1 fully saturated rings. The minimum atomic E-state index is -1.10. The predicted octanol–water partition coefficient (Wildman–Crippen LogP) is -0.265. The van der Waals surface area contributed by atoms with Gasteiger partial charge >= 0.3 is 5.97 Å². The third-order valence-corrected chi connectivity index (χ3v) is 3.57. The maximum Gasteiger partial charge on any atom is 0.358 e. The molecular formula is C12H19N5O3. The van der Waals surface area contributed by atoms with Crippen molar-refractivity contribution < 1.29 is 14.7 Å². The Morgan fingerprint density at radius 3 is 2.80 bits per heavy atom. The minimum Gasteiger partial charge on any atom is -0.476 e. The van der Waals surface area contributed by atoms with Crippen LogP contribution in [0.1, 0.15) is 36.3 Å². The van der Waals surface area contributed by atoms with Gasteiger partial charge in [0.15, 0.2) is 5.69 Å². The second-order valence-corrected chi connectivity index (χ2v) is 5.22. The molecule has 1 aliphatic rings. The largest absolute Gasteiger partial charge is 0.476 e. The Morgan fingerprint density at radius 1 is 1.55 bits per heavy atom. The molecule has 0 aromatic carbocycles. The number of nitrogens with zero attached hydrogens (tertiary/aromatic N) is 4. The van der Waals surface area contributed by atoms with Crippen LogP contribution in [0.5, 0.6) is 0 Å². The maximum atomic E-state index is 11.9. The molecule has 110 valence electrons. The number of likely N-dealkylation sites (tertiary alicyclic amines) is 1. The number of rotatable bonds is 6. The molecule has 3 N–H and O–H groups in total. The van der Waals surface area contributed by atoms with Crippen LogP contribution in [0.3, 0.4) is 0 Å². The summed E-state index contributed by atoms with van der Waals surface area (Å²) in [7, 11) is 0. The van der Waals surface area contributed by atoms with Crippen LogP contribution in [0.2, 0.25) is 0 Å². The average molecular weight is 281 g/mol. The summed E-state index contributed by atoms with van der Waals surface area (Å²) in [5, 5.41) is 16.1. The maximum absolute atomic E-state index is 11.9. The van der Waals surface area contributed by atoms with E-state index in [1.165, 1.54) is 10.9 Å². The van der Waals surface area contributed by atoms with Crippen molar-refractivity contribution in [2.75, 3.05) is 19.6 Å². The topological polar surface area (TPSA) is 114 Å². The van der Waals surface area contributed by atoms with Gasteiger partial charge in [-0.2, -0.15) is 0 Å². The fraction of sp³-hybridized carbons (Fsp3) is 0.667. The Labute approximate surface area is 116 Å². The van der Waals surface area contributed by atoms with E-state index in [2.05, 4.69) is 10.3 Å². The van der Waals surface area contributed by atoms with Crippen molar-refractivity contribution in [2.45, 2.75) is 25.8 Å². The zero-order chi connectivity index (χ0) is 14.7. The molecule has 0 spiro atoms. The predicted molar refractivity (Wildman–Crippen MR) is 70.1 cm³/mol. The van der Waals surface area contributed by atoms with Crippen LogP contribution in [0.15, 0.2) is 6.20 Å². The quantitative estimate of drug-likeness (QED) is 0.742. The number of carbonyl (C=O) groups excluding carboxylic acids is 1. The lowest BCUT2D eigenvalue weighted by Crippen LogP contribution is -2.50. The van der Waals surface area contributed by atoms with E-state index in [0.717, 1.165) is 6.42 Å². The van der Waals surface area contributed by atoms with Gasteiger partial charge in [-0.05, 0) is 18.9 Å². The number of carbonyl (C=O) groups is 2. The highest BCUT2D eigenvalue weighted by Gasteiger charge is 2.32. The Morgan fingerprint density at radius 2 is 2.25 bits per heavy atom. The highest BCUT2D eigenvalue weighted by Crippen LogP contribution is 2.22. The third-order valence-electron chi connectivity index (χ3n) is 3.57. The Hall–Kier alpha value is -1.96. The van der Waals surface area contributed by atoms with E-state index in [4.69, 9.17) is 10.8 Å². The summed E-state index contributed by atoms with van der Waals surface area (Å²) in [6, 6.07) is 0.0199. The summed E-state index contributed by atoms with van der Waals surface area (Å²) in [5.74, 6) is -0.635. The van der Waals surface area contributed by atoms with E-state index in [0.29, 0.717) is 32.0 Å². The Balaban J connectivity index is 1.78. The summed E-state index contributed by atoms with van der Waals surface area (Å²) in [6.07, 6.45) is 2.69. The SMILES string of the molecule is CC(CN)CCC(=O)N1CC(n2cc(C(=O)O)nn2)C1. The summed E-state index contributed by atoms with van der Waals surface area (Å²) in [6.45, 7) is 3.72. The molecule has 2 rings (SSSR count). The molecule has 0 radical (unpaired) electrons. The van der Waals surface area contributed by atoms with E-state index >= 15 is 0 Å². The summed E-state index contributed by atoms with van der Waals surface area (Å²) in [5.41, 5.74) is 5.44. The number of carboxylic acids is 1. The zero-order valence-electron chi connectivity index (χ0n) is 11.4. The van der Waals surface area contributed by atoms with Crippen molar-refractivity contribution in [2.24, 2.45) is 11.7 Å². The van der Waals surface area contributed by atoms with Crippen LogP contribution >= 0.6 is 0 Å². The lowest BCUT2D eigenvalue weighted by Gasteiger charge is -2.39. The van der Waals surface area contributed by atoms with Gasteiger partial charge in [0.25, 0.3) is 0 Å². The normalized spacial score (nSPS) is 16.8. The van der Waals surface area contributed by atoms with Gasteiger partial charge in [-0.25, -0.2) is 9.48 Å². The first-order chi connectivity index (χ1) is 9.51. The standard InChI is InChI=1S/C12H19N5O3/c1-8(4-13)2-3-11(18)16-5-9(6-16)17-7-10(12(19)20)14-15-17/h7-9H,2-6,13H2,1H3,(H,19,20). The van der Waals surface area contributed by atoms with Crippen LogP contribution in [0, 0.1) is 5.92 Å². The lowest BCUT2D eigenvalue weighted by molar-refractivity contribution is -0.137. The van der Waals surface area contributed by atoms with Crippen molar-refractivity contribution in [3.63, 3.8) is 0 Å². The molecule has 0 bridgehead atoms. The van der Waals surface area contributed by atoms with Crippen LogP contribution in [0.4, 0.5) is 0 Å². The molecule has 1 aromatic rings. The first-order valence-electron chi connectivity index (χ1n) is 6.64. The van der Waals surface area contributed by atoms with Gasteiger partial charge in [-0.15, -0.1) is 5.10 Å². The molecule has 1 aromatic heterocycles. The number of carboxylic acid groups (broad SMARTS) is 1. The van der Waals surface area contributed by atoms with Crippen LogP contribution in [0.25, 0.3) is 0 Å². The van der Waals surface area contributed by atoms with Crippen molar-refractivity contribution in [3.05, 3.63) is 11.9 Å². The van der Waals surface area contributed by atoms with E-state index < -0.39 is 5.97 Å². The molecular weight excluding hydrogens is 262 g/mol. The third kappa shape index (κ3) is 3.13. The van der Waals surface area contributed by atoms with Gasteiger partial charge in [0.1, 0.15) is 0 Å². The van der Waals surface area contributed by atoms with E-state index in [1.807, 2.05) is 6.92 Å². The fourth-order valence-corrected chi connectivity index (χ4v) is 2.03. The number of aromatic carboxylic acids is 1. The smallest absolute Gasteiger partial charge is 0.358 e. The van der Waals surface area contributed by atoms with Gasteiger partial charge in [-0.1, -0.05) is 12.1 Å². The monoisotopic (exact) mass is 281 g/mol. The second kappa shape index (κ2) is 6.00. The van der Waals surface area contributed by atoms with Gasteiger partial charge in [0, 0.05) is 19.5 Å². The molecule has 1 aliphatic heterocycles. The summed E-state index contributed by atoms with van der Waals surface area (Å²) < 4.78 is 1.51. The molecule has 1 atom stereocenters. The second-order valence-electron chi connectivity index (χ2n) is 5.22. The first kappa shape index (κ1) is 14.4. The van der Waals surface area contributed by atoms with Crippen LogP contribution < -0.4 is 5.73 Å². The molecule has 1 unspecified atom stereocenters. The lowest BCUT2D eigenvalue weighted by atomic mass is 10.0. The van der Waals surface area contributed by atoms with Gasteiger partial charge in [-0.3, -0.25) is 4.79 Å². The molecule has 8 heteroatoms. The highest BCUT2D eigenvalue weighted by molar-refractivity contribution is 5.84. The molecule has 0 aliphatic carbocycles. The molecule has 1 saturated heterocycles. The number of hydrogen-bond donors (Lipinski definition) is 2. The summed E-state index contributed by atoms with van der Waals surface area (Å²) >= 11 is 0. The van der Waals surface area contributed by atoms with E-state index in [9.17, 15) is 9.59 Å². The first-order valence-corrected chi connectivity index (χ1v) is 6.64. The van der Waals surface area contributed by atoms with Gasteiger partial charge < -0.3 is 15.7 Å². The fourth-order valence-electron chi connectivity index (χ4n) is 2.03. The molecule has 8 nitrogen and oxygen atoms in total. The molecule has 0 saturated carbocycles. The Kier molecular flexibility index (Phi) is 4.33. The number of amides is 1. The van der Waals surface area contributed by atoms with E-state index in [1.54, 1.807) is 4.90 Å². The van der Waals surface area contributed by atoms with Crippen LogP contribution in [-0.4, -0.2) is 56.5 Å². The number of hydrogen-bond acceptors (Lipinski definition) is 5. The minimum absolute atomic E-state index is 0.0199. The van der Waals surface area contributed by atoms with Crippen molar-refractivity contribution in [1.29, 1.82) is 0 Å². The van der Waals surface area contributed by atoms with Crippen molar-refractivity contribution in [3.8, 4) is 0 Å². The molecule has 1 amide bonds. The number of nitrogens with two attached hydrogens (primary N) is 1. The highest BCUT2D eigenvalue weighted by atomic mass is 16.4. The van der Waals surface area contributed by atoms with Crippen molar-refractivity contribution >= 4 is 11.9 Å². The van der Waals surface area contributed by atoms with E-state index in [-0.39, 0.29) is 17.6 Å². The van der Waals surface area contributed by atoms with Crippen molar-refractivity contribution in [1.82, 2.24) is 19.9 Å². The molecule has 20 heavy (non-hydrogen) atoms. The Bertz CT molecular complexity index is 495. The molecule has 2 heterocycles. The zero-order valence-corrected chi connectivity index (χ0v) is 11.4. The number of aromatic nitrogens is 3. The van der Waals surface area contributed by atoms with Gasteiger partial charge in [0.05, 0.1) is 12.2 Å². The van der Waals surface area contributed by atoms with Crippen LogP contribution in [-0.2, 0) is 4.79 Å². The summed E-state index contributed by atoms with van der Waals surface area (Å²) in [4.78, 5) is 24.3. The average Bonchev–Trinajstić information content (AvgIpc) is 2.83. The van der Waals surface area contributed by atoms with Gasteiger partial charge in [0.2, 0.25) is 5.91 Å².